The van der Waals surface area contributed by atoms with Gasteiger partial charge in [0, 0.05) is 17.1 Å². The van der Waals surface area contributed by atoms with Gasteiger partial charge in [-0.1, -0.05) is 4.49 Å². The summed E-state index contributed by atoms with van der Waals surface area (Å²) in [6.07, 6.45) is 0. The Bertz CT molecular complexity index is 198. The van der Waals surface area contributed by atoms with Crippen LogP contribution in [0.5, 0.6) is 0 Å². The molecule has 48 valence electrons. The third kappa shape index (κ3) is 1.98. The van der Waals surface area contributed by atoms with Gasteiger partial charge in [0.15, 0.2) is 0 Å². The molecule has 0 radical (unpaired) electrons. The summed E-state index contributed by atoms with van der Waals surface area (Å²) < 4.78 is 3.48. The van der Waals surface area contributed by atoms with Gasteiger partial charge in [-0.2, -0.15) is 0 Å². The van der Waals surface area contributed by atoms with E-state index in [1.807, 2.05) is 0 Å². The fourth-order valence-corrected chi connectivity index (χ4v) is 1.24. The van der Waals surface area contributed by atoms with E-state index >= 15 is 0 Å². The van der Waals surface area contributed by atoms with Crippen LogP contribution in [0.1, 0.15) is 0 Å². The van der Waals surface area contributed by atoms with Crippen molar-refractivity contribution in [2.45, 2.75) is 5.03 Å². The normalized spacial score (nSPS) is 9.33. The number of rotatable bonds is 1. The van der Waals surface area contributed by atoms with E-state index < -0.39 is 5.30 Å². The van der Waals surface area contributed by atoms with E-state index in [0.717, 1.165) is 11.5 Å². The highest BCUT2D eigenvalue weighted by Crippen LogP contribution is 2.15. The van der Waals surface area contributed by atoms with E-state index in [9.17, 15) is 4.79 Å². The van der Waals surface area contributed by atoms with Crippen LogP contribution in [-0.2, 0) is 0 Å². The first-order valence-corrected chi connectivity index (χ1v) is 3.62. The van der Waals surface area contributed by atoms with Crippen LogP contribution < -0.4 is 0 Å². The first kappa shape index (κ1) is 6.50. The summed E-state index contributed by atoms with van der Waals surface area (Å²) in [5.41, 5.74) is 0. The molecule has 6 heteroatoms. The largest absolute Gasteiger partial charge is 0.473 e. The van der Waals surface area contributed by atoms with Gasteiger partial charge in [-0.15, -0.1) is 5.10 Å². The van der Waals surface area contributed by atoms with Crippen LogP contribution in [0, 0.1) is 0 Å². The Hall–Kier alpha value is -0.620. The molecule has 0 saturated heterocycles. The highest BCUT2D eigenvalue weighted by Gasteiger charge is 2.02. The fourth-order valence-electron chi connectivity index (χ4n) is 0.290. The molecule has 0 amide bonds. The van der Waals surface area contributed by atoms with Crippen LogP contribution in [0.4, 0.5) is 4.79 Å². The van der Waals surface area contributed by atoms with Crippen LogP contribution in [0.15, 0.2) is 10.4 Å². The summed E-state index contributed by atoms with van der Waals surface area (Å²) in [4.78, 5) is 9.97. The van der Waals surface area contributed by atoms with Crippen LogP contribution in [0.3, 0.4) is 0 Å². The zero-order chi connectivity index (χ0) is 6.69. The molecule has 0 atom stereocenters. The van der Waals surface area contributed by atoms with Crippen molar-refractivity contribution in [1.29, 1.82) is 0 Å². The van der Waals surface area contributed by atoms with Crippen molar-refractivity contribution in [3.63, 3.8) is 0 Å². The number of thioether (sulfide) groups is 1. The summed E-state index contributed by atoms with van der Waals surface area (Å²) in [5.74, 6) is 0. The molecule has 1 aromatic rings. The fraction of sp³-hybridized carbons (Fsp3) is 0. The van der Waals surface area contributed by atoms with E-state index in [-0.39, 0.29) is 0 Å². The predicted octanol–water partition coefficient (Wildman–Crippen LogP) is 1.31. The number of aromatic nitrogens is 2. The van der Waals surface area contributed by atoms with Gasteiger partial charge in [-0.3, -0.25) is 0 Å². The average molecular weight is 162 g/mol. The van der Waals surface area contributed by atoms with Gasteiger partial charge in [-0.05, 0) is 11.5 Å². The zero-order valence-electron chi connectivity index (χ0n) is 4.14. The third-order valence-electron chi connectivity index (χ3n) is 0.532. The van der Waals surface area contributed by atoms with E-state index in [4.69, 9.17) is 5.11 Å². The van der Waals surface area contributed by atoms with Crippen molar-refractivity contribution in [3.05, 3.63) is 5.38 Å². The number of hydrogen-bond donors (Lipinski definition) is 1. The van der Waals surface area contributed by atoms with Crippen LogP contribution in [-0.4, -0.2) is 20.0 Å². The second-order valence-corrected chi connectivity index (χ2v) is 2.69. The molecule has 0 aliphatic heterocycles. The predicted molar refractivity (Wildman–Crippen MR) is 33.8 cm³/mol. The molecule has 0 aliphatic rings. The average Bonchev–Trinajstić information content (AvgIpc) is 2.15. The number of hydrogen-bond acceptors (Lipinski definition) is 5. The highest BCUT2D eigenvalue weighted by atomic mass is 32.2. The van der Waals surface area contributed by atoms with E-state index in [2.05, 4.69) is 9.59 Å². The lowest BCUT2D eigenvalue weighted by molar-refractivity contribution is 0.222. The van der Waals surface area contributed by atoms with E-state index in [0.29, 0.717) is 16.8 Å². The van der Waals surface area contributed by atoms with Crippen molar-refractivity contribution >= 4 is 28.6 Å². The molecule has 1 N–H and O–H groups in total. The molecule has 0 unspecified atom stereocenters. The summed E-state index contributed by atoms with van der Waals surface area (Å²) in [5, 5.41) is 12.8. The quantitative estimate of drug-likeness (QED) is 0.631. The van der Waals surface area contributed by atoms with Gasteiger partial charge in [-0.25, -0.2) is 4.79 Å². The van der Waals surface area contributed by atoms with Gasteiger partial charge in [0.25, 0.3) is 0 Å². The molecule has 1 rings (SSSR count). The van der Waals surface area contributed by atoms with Gasteiger partial charge in [0.05, 0.1) is 0 Å². The van der Waals surface area contributed by atoms with Crippen LogP contribution >= 0.6 is 23.3 Å². The molecule has 0 bridgehead atoms. The van der Waals surface area contributed by atoms with Crippen LogP contribution in [0.25, 0.3) is 0 Å². The summed E-state index contributed by atoms with van der Waals surface area (Å²) >= 11 is 1.79. The lowest BCUT2D eigenvalue weighted by atomic mass is 11.0. The minimum Gasteiger partial charge on any atom is -0.473 e. The number of carbonyl (C=O) groups is 1. The molecule has 4 nitrogen and oxygen atoms in total. The topological polar surface area (TPSA) is 63.1 Å². The van der Waals surface area contributed by atoms with E-state index in [1.165, 1.54) is 0 Å². The second kappa shape index (κ2) is 2.79. The molecule has 1 aromatic heterocycles. The van der Waals surface area contributed by atoms with Crippen molar-refractivity contribution in [2.75, 3.05) is 0 Å². The molecular formula is C3H2N2O2S2. The van der Waals surface area contributed by atoms with Crippen molar-refractivity contribution in [1.82, 2.24) is 9.59 Å². The SMILES string of the molecule is O=C(O)Sc1csnn1. The van der Waals surface area contributed by atoms with Crippen LogP contribution in [0.2, 0.25) is 0 Å². The lowest BCUT2D eigenvalue weighted by Crippen LogP contribution is -1.82. The molecule has 0 aromatic carbocycles. The number of carboxylic acid groups (broad SMARTS) is 1. The minimum atomic E-state index is -0.956. The lowest BCUT2D eigenvalue weighted by Gasteiger charge is -1.81. The molecule has 0 aliphatic carbocycles. The Kier molecular flexibility index (Phi) is 2.01. The maximum atomic E-state index is 9.97. The Morgan fingerprint density at radius 2 is 2.67 bits per heavy atom. The molecule has 0 fully saturated rings. The summed E-state index contributed by atoms with van der Waals surface area (Å²) in [6.45, 7) is 0. The standard InChI is InChI=1S/C3H2N2O2S2/c6-3(7)9-2-1-8-5-4-2/h1H,(H,6,7). The van der Waals surface area contributed by atoms with Gasteiger partial charge >= 0.3 is 5.30 Å². The third-order valence-corrected chi connectivity index (χ3v) is 1.77. The zero-order valence-corrected chi connectivity index (χ0v) is 5.78. The Morgan fingerprint density at radius 1 is 1.89 bits per heavy atom. The summed E-state index contributed by atoms with van der Waals surface area (Å²) in [6, 6.07) is 0. The number of nitrogens with zero attached hydrogens (tertiary/aromatic N) is 2. The Balaban J connectivity index is 2.58. The highest BCUT2D eigenvalue weighted by molar-refractivity contribution is 8.13. The van der Waals surface area contributed by atoms with Crippen molar-refractivity contribution < 1.29 is 9.90 Å². The molecule has 1 heterocycles. The molecular weight excluding hydrogens is 160 g/mol. The maximum Gasteiger partial charge on any atom is 0.371 e. The molecule has 0 saturated carbocycles. The maximum absolute atomic E-state index is 9.97. The van der Waals surface area contributed by atoms with E-state index in [1.54, 1.807) is 5.38 Å². The Morgan fingerprint density at radius 3 is 3.11 bits per heavy atom. The van der Waals surface area contributed by atoms with Crippen molar-refractivity contribution in [3.8, 4) is 0 Å². The van der Waals surface area contributed by atoms with Crippen molar-refractivity contribution in [2.24, 2.45) is 0 Å². The molecule has 0 spiro atoms. The second-order valence-electron chi connectivity index (χ2n) is 1.11. The summed E-state index contributed by atoms with van der Waals surface area (Å²) in [7, 11) is 0. The smallest absolute Gasteiger partial charge is 0.371 e. The Labute approximate surface area is 59.1 Å². The van der Waals surface area contributed by atoms with Gasteiger partial charge in [0.1, 0.15) is 5.03 Å². The minimum absolute atomic E-state index is 0.438. The monoisotopic (exact) mass is 162 g/mol. The first-order valence-electron chi connectivity index (χ1n) is 1.97. The van der Waals surface area contributed by atoms with Gasteiger partial charge < -0.3 is 5.11 Å². The first-order chi connectivity index (χ1) is 4.29. The molecule has 9 heavy (non-hydrogen) atoms. The van der Waals surface area contributed by atoms with Gasteiger partial charge in [0.2, 0.25) is 0 Å².